The summed E-state index contributed by atoms with van der Waals surface area (Å²) in [5.74, 6) is -1.60. The van der Waals surface area contributed by atoms with Crippen LogP contribution >= 0.6 is 0 Å². The van der Waals surface area contributed by atoms with Gasteiger partial charge in [0.25, 0.3) is 5.91 Å². The van der Waals surface area contributed by atoms with Crippen LogP contribution in [0.5, 0.6) is 0 Å². The molecular weight excluding hydrogens is 329 g/mol. The number of alkyl halides is 3. The minimum Gasteiger partial charge on any atom is -0.363 e. The van der Waals surface area contributed by atoms with E-state index in [1.807, 2.05) is 0 Å². The smallest absolute Gasteiger partial charge is 0.363 e. The fraction of sp³-hybridized carbons (Fsp3) is 0.143. The first kappa shape index (κ1) is 15.7. The second kappa shape index (κ2) is 6.14. The van der Waals surface area contributed by atoms with Crippen molar-refractivity contribution in [2.75, 3.05) is 5.32 Å². The van der Waals surface area contributed by atoms with Gasteiger partial charge in [-0.25, -0.2) is 0 Å². The van der Waals surface area contributed by atoms with E-state index in [4.69, 9.17) is 0 Å². The molecule has 0 aliphatic carbocycles. The van der Waals surface area contributed by atoms with Gasteiger partial charge in [-0.15, -0.1) is 0 Å². The van der Waals surface area contributed by atoms with Gasteiger partial charge in [-0.1, -0.05) is 22.4 Å². The van der Waals surface area contributed by atoms with Crippen molar-refractivity contribution in [2.45, 2.75) is 12.6 Å². The fourth-order valence-electron chi connectivity index (χ4n) is 1.86. The number of carbonyl (C=O) groups is 1. The van der Waals surface area contributed by atoms with Crippen molar-refractivity contribution in [2.24, 2.45) is 0 Å². The number of nitrogens with one attached hydrogen (secondary N) is 1. The monoisotopic (exact) mass is 338 g/mol. The number of carbonyl (C=O) groups excluding carboxylic acids is 1. The van der Waals surface area contributed by atoms with Crippen LogP contribution in [0.25, 0.3) is 0 Å². The normalized spacial score (nSPS) is 11.5. The van der Waals surface area contributed by atoms with Crippen LogP contribution < -0.4 is 5.32 Å². The Balaban J connectivity index is 1.66. The van der Waals surface area contributed by atoms with Crippen molar-refractivity contribution in [3.63, 3.8) is 0 Å². The number of halogens is 3. The molecule has 1 aromatic carbocycles. The zero-order valence-electron chi connectivity index (χ0n) is 11.9. The first-order chi connectivity index (χ1) is 11.4. The van der Waals surface area contributed by atoms with Gasteiger partial charge >= 0.3 is 12.1 Å². The predicted molar refractivity (Wildman–Crippen MR) is 73.0 cm³/mol. The van der Waals surface area contributed by atoms with E-state index in [-0.39, 0.29) is 18.1 Å². The molecule has 1 amide bonds. The Morgan fingerprint density at radius 2 is 1.88 bits per heavy atom. The molecule has 0 saturated heterocycles. The quantitative estimate of drug-likeness (QED) is 0.786. The molecular formula is C14H9F3N4O3. The highest BCUT2D eigenvalue weighted by Crippen LogP contribution is 2.27. The van der Waals surface area contributed by atoms with Gasteiger partial charge in [-0.05, 0) is 17.7 Å². The van der Waals surface area contributed by atoms with Crippen LogP contribution in [0.3, 0.4) is 0 Å². The molecule has 0 aliphatic heterocycles. The molecule has 7 nitrogen and oxygen atoms in total. The molecule has 3 aromatic rings. The number of nitrogens with zero attached hydrogens (tertiary/aromatic N) is 3. The lowest BCUT2D eigenvalue weighted by Gasteiger charge is -2.02. The summed E-state index contributed by atoms with van der Waals surface area (Å²) < 4.78 is 45.9. The van der Waals surface area contributed by atoms with Gasteiger partial charge in [-0.2, -0.15) is 18.2 Å². The van der Waals surface area contributed by atoms with Gasteiger partial charge in [0.1, 0.15) is 6.26 Å². The second-order valence-electron chi connectivity index (χ2n) is 4.73. The molecule has 0 fully saturated rings. The Kier molecular flexibility index (Phi) is 4.02. The molecule has 0 bridgehead atoms. The summed E-state index contributed by atoms with van der Waals surface area (Å²) >= 11 is 0. The zero-order valence-corrected chi connectivity index (χ0v) is 11.9. The van der Waals surface area contributed by atoms with Gasteiger partial charge < -0.3 is 14.4 Å². The number of hydrogen-bond acceptors (Lipinski definition) is 6. The van der Waals surface area contributed by atoms with Gasteiger partial charge in [0.05, 0.1) is 0 Å². The third-order valence-corrected chi connectivity index (χ3v) is 2.97. The maximum atomic E-state index is 12.4. The minimum absolute atomic E-state index is 0.0464. The Hall–Kier alpha value is -3.17. The molecule has 1 N–H and O–H groups in total. The second-order valence-corrected chi connectivity index (χ2v) is 4.73. The molecule has 0 aliphatic rings. The number of aromatic nitrogens is 3. The average Bonchev–Trinajstić information content (AvgIpc) is 3.19. The van der Waals surface area contributed by atoms with Crippen molar-refractivity contribution in [1.29, 1.82) is 0 Å². The van der Waals surface area contributed by atoms with E-state index in [1.165, 1.54) is 24.5 Å². The van der Waals surface area contributed by atoms with Gasteiger partial charge in [0.2, 0.25) is 0 Å². The summed E-state index contributed by atoms with van der Waals surface area (Å²) in [6.07, 6.45) is -3.31. The largest absolute Gasteiger partial charge is 0.471 e. The molecule has 124 valence electrons. The van der Waals surface area contributed by atoms with E-state index < -0.39 is 18.0 Å². The summed E-state index contributed by atoms with van der Waals surface area (Å²) in [4.78, 5) is 15.2. The Labute approximate surface area is 132 Å². The summed E-state index contributed by atoms with van der Waals surface area (Å²) in [5.41, 5.74) is 0.980. The fourth-order valence-corrected chi connectivity index (χ4v) is 1.86. The molecule has 0 saturated carbocycles. The van der Waals surface area contributed by atoms with Crippen LogP contribution in [0, 0.1) is 0 Å². The zero-order chi connectivity index (χ0) is 17.2. The van der Waals surface area contributed by atoms with Crippen LogP contribution in [-0.4, -0.2) is 21.2 Å². The van der Waals surface area contributed by atoms with Crippen molar-refractivity contribution in [1.82, 2.24) is 15.3 Å². The number of hydrogen-bond donors (Lipinski definition) is 1. The molecule has 0 radical (unpaired) electrons. The van der Waals surface area contributed by atoms with Gasteiger partial charge in [0.15, 0.2) is 11.6 Å². The molecule has 24 heavy (non-hydrogen) atoms. The highest BCUT2D eigenvalue weighted by molar-refractivity contribution is 6.03. The first-order valence-electron chi connectivity index (χ1n) is 6.62. The lowest BCUT2D eigenvalue weighted by atomic mass is 10.1. The van der Waals surface area contributed by atoms with Crippen molar-refractivity contribution in [3.8, 4) is 0 Å². The number of anilines is 1. The summed E-state index contributed by atoms with van der Waals surface area (Å²) in [5, 5.41) is 9.35. The van der Waals surface area contributed by atoms with Crippen molar-refractivity contribution >= 4 is 11.7 Å². The van der Waals surface area contributed by atoms with Crippen LogP contribution in [0.15, 0.2) is 45.6 Å². The van der Waals surface area contributed by atoms with Gasteiger partial charge in [0, 0.05) is 18.1 Å². The first-order valence-corrected chi connectivity index (χ1v) is 6.62. The highest BCUT2D eigenvalue weighted by Gasteiger charge is 2.38. The van der Waals surface area contributed by atoms with Crippen LogP contribution in [0.4, 0.5) is 19.0 Å². The standard InChI is InChI=1S/C14H9F3N4O3/c15-14(16,17)13-19-11(21-24-13)7-8-1-3-9(4-2-8)12(22)18-10-5-6-23-20-10/h1-6H,7H2,(H,18,20,22). The third kappa shape index (κ3) is 3.59. The summed E-state index contributed by atoms with van der Waals surface area (Å²) in [6, 6.07) is 7.70. The highest BCUT2D eigenvalue weighted by atomic mass is 19.4. The van der Waals surface area contributed by atoms with E-state index in [9.17, 15) is 18.0 Å². The van der Waals surface area contributed by atoms with Gasteiger partial charge in [-0.3, -0.25) is 4.79 Å². The molecule has 3 rings (SSSR count). The Morgan fingerprint density at radius 3 is 2.46 bits per heavy atom. The molecule has 2 aromatic heterocycles. The van der Waals surface area contributed by atoms with E-state index in [1.54, 1.807) is 12.1 Å². The lowest BCUT2D eigenvalue weighted by molar-refractivity contribution is -0.159. The topological polar surface area (TPSA) is 94.1 Å². The van der Waals surface area contributed by atoms with Crippen LogP contribution in [-0.2, 0) is 12.6 Å². The maximum absolute atomic E-state index is 12.4. The van der Waals surface area contributed by atoms with E-state index in [0.717, 1.165) is 0 Å². The summed E-state index contributed by atoms with van der Waals surface area (Å²) in [6.45, 7) is 0. The van der Waals surface area contributed by atoms with Crippen LogP contribution in [0.1, 0.15) is 27.6 Å². The molecule has 0 spiro atoms. The molecule has 10 heteroatoms. The summed E-state index contributed by atoms with van der Waals surface area (Å²) in [7, 11) is 0. The number of amides is 1. The van der Waals surface area contributed by atoms with Crippen molar-refractivity contribution < 1.29 is 27.0 Å². The Morgan fingerprint density at radius 1 is 1.12 bits per heavy atom. The third-order valence-electron chi connectivity index (χ3n) is 2.97. The SMILES string of the molecule is O=C(Nc1ccon1)c1ccc(Cc2noc(C(F)(F)F)n2)cc1. The molecule has 0 atom stereocenters. The van der Waals surface area contributed by atoms with E-state index in [0.29, 0.717) is 11.1 Å². The van der Waals surface area contributed by atoms with Crippen LogP contribution in [0.2, 0.25) is 0 Å². The Bertz CT molecular complexity index is 826. The molecule has 2 heterocycles. The van der Waals surface area contributed by atoms with Crippen molar-refractivity contribution in [3.05, 3.63) is 59.4 Å². The number of benzene rings is 1. The lowest BCUT2D eigenvalue weighted by Crippen LogP contribution is -2.12. The predicted octanol–water partition coefficient (Wildman–Crippen LogP) is 2.92. The maximum Gasteiger partial charge on any atom is 0.471 e. The number of rotatable bonds is 4. The van der Waals surface area contributed by atoms with E-state index in [2.05, 4.69) is 29.7 Å². The minimum atomic E-state index is -4.67. The molecule has 0 unspecified atom stereocenters. The van der Waals surface area contributed by atoms with E-state index >= 15 is 0 Å². The average molecular weight is 338 g/mol.